The largest absolute Gasteiger partial charge is 0.491 e. The number of imide groups is 2. The van der Waals surface area contributed by atoms with Gasteiger partial charge >= 0.3 is 0 Å². The van der Waals surface area contributed by atoms with Gasteiger partial charge in [-0.15, -0.1) is 0 Å². The van der Waals surface area contributed by atoms with Gasteiger partial charge < -0.3 is 29.8 Å². The van der Waals surface area contributed by atoms with Gasteiger partial charge in [-0.05, 0) is 63.4 Å². The average molecular weight is 827 g/mol. The molecule has 2 aromatic carbocycles. The molecular formula is C40H46N10O10. The van der Waals surface area contributed by atoms with Crippen molar-refractivity contribution in [2.45, 2.75) is 58.7 Å². The van der Waals surface area contributed by atoms with Crippen LogP contribution in [-0.4, -0.2) is 129 Å². The van der Waals surface area contributed by atoms with E-state index in [9.17, 15) is 33.6 Å². The molecule has 60 heavy (non-hydrogen) atoms. The number of piperidine rings is 1. The number of hydrogen-bond donors (Lipinski definition) is 4. The van der Waals surface area contributed by atoms with Crippen LogP contribution < -0.4 is 31.2 Å². The van der Waals surface area contributed by atoms with E-state index in [0.29, 0.717) is 67.4 Å². The highest BCUT2D eigenvalue weighted by atomic mass is 16.5. The van der Waals surface area contributed by atoms with E-state index < -0.39 is 54.0 Å². The Kier molecular flexibility index (Phi) is 12.5. The average Bonchev–Trinajstić information content (AvgIpc) is 3.87. The van der Waals surface area contributed by atoms with Gasteiger partial charge in [0.05, 0.1) is 42.2 Å². The van der Waals surface area contributed by atoms with Crippen molar-refractivity contribution in [1.82, 2.24) is 39.8 Å². The van der Waals surface area contributed by atoms with Crippen LogP contribution >= 0.6 is 0 Å². The van der Waals surface area contributed by atoms with Crippen LogP contribution in [0.4, 0.5) is 5.95 Å². The van der Waals surface area contributed by atoms with Gasteiger partial charge in [-0.2, -0.15) is 5.10 Å². The van der Waals surface area contributed by atoms with E-state index in [4.69, 9.17) is 24.9 Å². The van der Waals surface area contributed by atoms with Gasteiger partial charge in [0, 0.05) is 51.3 Å². The first-order valence-corrected chi connectivity index (χ1v) is 19.8. The number of amides is 7. The van der Waals surface area contributed by atoms with Gasteiger partial charge in [-0.25, -0.2) is 4.98 Å². The number of nitrogens with two attached hydrogens (primary N) is 1. The molecule has 2 saturated heterocycles. The Balaban J connectivity index is 1.04. The predicted octanol–water partition coefficient (Wildman–Crippen LogP) is 1.000. The summed E-state index contributed by atoms with van der Waals surface area (Å²) < 4.78 is 20.8. The number of benzene rings is 2. The number of carbonyl (C=O) groups is 7. The van der Waals surface area contributed by atoms with Gasteiger partial charge in [-0.1, -0.05) is 6.07 Å². The monoisotopic (exact) mass is 826 g/mol. The Hall–Kier alpha value is -6.67. The van der Waals surface area contributed by atoms with Crippen molar-refractivity contribution in [3.63, 3.8) is 0 Å². The number of rotatable bonds is 17. The predicted molar refractivity (Wildman–Crippen MR) is 212 cm³/mol. The number of fused-ring (bicyclic) bond motifs is 2. The fourth-order valence-electron chi connectivity index (χ4n) is 7.49. The number of anilines is 1. The first-order valence-electron chi connectivity index (χ1n) is 19.8. The highest BCUT2D eigenvalue weighted by Gasteiger charge is 2.46. The number of imidazole rings is 1. The molecule has 2 fully saturated rings. The van der Waals surface area contributed by atoms with Crippen LogP contribution in [0.3, 0.4) is 0 Å². The molecule has 0 aliphatic carbocycles. The number of ether oxygens (including phenoxy) is 3. The fraction of sp³-hybridized carbons (Fsp3) is 0.425. The molecule has 0 bridgehead atoms. The summed E-state index contributed by atoms with van der Waals surface area (Å²) in [4.78, 5) is 97.6. The van der Waals surface area contributed by atoms with Crippen LogP contribution in [0.1, 0.15) is 79.9 Å². The summed E-state index contributed by atoms with van der Waals surface area (Å²) in [5.74, 6) is -3.80. The second kappa shape index (κ2) is 18.1. The summed E-state index contributed by atoms with van der Waals surface area (Å²) in [6.45, 7) is 8.14. The number of aryl methyl sites for hydroxylation is 3. The second-order valence-corrected chi connectivity index (χ2v) is 14.5. The van der Waals surface area contributed by atoms with Crippen molar-refractivity contribution in [3.05, 3.63) is 64.5 Å². The number of nitrogens with zero attached hydrogens (tertiary/aromatic N) is 6. The van der Waals surface area contributed by atoms with Gasteiger partial charge in [-0.3, -0.25) is 58.7 Å². The lowest BCUT2D eigenvalue weighted by molar-refractivity contribution is -0.136. The van der Waals surface area contributed by atoms with Gasteiger partial charge in [0.1, 0.15) is 28.8 Å². The van der Waals surface area contributed by atoms with Crippen molar-refractivity contribution in [2.75, 3.05) is 57.9 Å². The minimum atomic E-state index is -1.15. The number of primary amides is 1. The van der Waals surface area contributed by atoms with Crippen molar-refractivity contribution in [3.8, 4) is 11.5 Å². The summed E-state index contributed by atoms with van der Waals surface area (Å²) in [5.41, 5.74) is 7.71. The molecule has 7 rings (SSSR count). The highest BCUT2D eigenvalue weighted by molar-refractivity contribution is 6.24. The van der Waals surface area contributed by atoms with Crippen LogP contribution in [0.2, 0.25) is 0 Å². The number of carbonyl (C=O) groups excluding carboxylic acids is 7. The maximum absolute atomic E-state index is 13.6. The van der Waals surface area contributed by atoms with E-state index in [-0.39, 0.29) is 54.3 Å². The third-order valence-electron chi connectivity index (χ3n) is 10.4. The van der Waals surface area contributed by atoms with Crippen LogP contribution in [0.25, 0.3) is 11.0 Å². The molecule has 1 unspecified atom stereocenters. The van der Waals surface area contributed by atoms with Crippen molar-refractivity contribution in [1.29, 1.82) is 0 Å². The van der Waals surface area contributed by atoms with E-state index in [1.165, 1.54) is 24.3 Å². The lowest BCUT2D eigenvalue weighted by Crippen LogP contribution is -2.54. The molecule has 5 heterocycles. The van der Waals surface area contributed by atoms with Gasteiger partial charge in [0.15, 0.2) is 6.61 Å². The first-order chi connectivity index (χ1) is 28.9. The van der Waals surface area contributed by atoms with Crippen LogP contribution in [0.5, 0.6) is 11.5 Å². The van der Waals surface area contributed by atoms with Crippen LogP contribution in [-0.2, 0) is 32.2 Å². The third-order valence-corrected chi connectivity index (χ3v) is 10.4. The van der Waals surface area contributed by atoms with Gasteiger partial charge in [0.2, 0.25) is 23.7 Å². The summed E-state index contributed by atoms with van der Waals surface area (Å²) in [5, 5.41) is 12.2. The molecule has 5 N–H and O–H groups in total. The van der Waals surface area contributed by atoms with Crippen molar-refractivity contribution in [2.24, 2.45) is 5.73 Å². The number of morpholine rings is 1. The molecule has 3 aliphatic heterocycles. The van der Waals surface area contributed by atoms with Crippen molar-refractivity contribution >= 4 is 58.3 Å². The Labute approximate surface area is 343 Å². The Morgan fingerprint density at radius 3 is 2.55 bits per heavy atom. The molecule has 20 heteroatoms. The van der Waals surface area contributed by atoms with E-state index >= 15 is 0 Å². The maximum Gasteiger partial charge on any atom is 0.276 e. The summed E-state index contributed by atoms with van der Waals surface area (Å²) in [6, 6.07) is 8.00. The second-order valence-electron chi connectivity index (χ2n) is 14.5. The molecule has 0 spiro atoms. The highest BCUT2D eigenvalue weighted by Crippen LogP contribution is 2.34. The minimum Gasteiger partial charge on any atom is -0.491 e. The topological polar surface area (TPSA) is 251 Å². The van der Waals surface area contributed by atoms with Crippen LogP contribution in [0.15, 0.2) is 36.4 Å². The normalized spacial score (nSPS) is 16.8. The zero-order chi connectivity index (χ0) is 42.5. The third kappa shape index (κ3) is 8.83. The van der Waals surface area contributed by atoms with E-state index in [1.54, 1.807) is 28.3 Å². The standard InChI is InChI=1S/C40H46N10O10/c1-3-49-28(19-23(2)46-49)37(55)45-40-43-26-20-24(35(41)53)21-30(59-16-6-12-47-14-17-58-18-15-47)34(26)48(40)13-5-11-42-32(52)22-60-29-8-4-7-25-33(29)39(57)50(38(25)56)27-9-10-31(51)44-36(27)54/h4,7-8,19-21,27H,3,5-6,9-18,22H2,1-2H3,(H2,41,53)(H,42,52)(H,43,45,55)(H,44,51,54). The van der Waals surface area contributed by atoms with E-state index in [0.717, 1.165) is 24.5 Å². The van der Waals surface area contributed by atoms with Crippen LogP contribution in [0, 0.1) is 6.92 Å². The quantitative estimate of drug-likeness (QED) is 0.0858. The number of aromatic nitrogens is 4. The minimum absolute atomic E-state index is 0.000227. The van der Waals surface area contributed by atoms with E-state index in [2.05, 4.69) is 25.9 Å². The molecule has 4 aromatic rings. The molecule has 2 aromatic heterocycles. The smallest absolute Gasteiger partial charge is 0.276 e. The number of hydrogen-bond acceptors (Lipinski definition) is 13. The summed E-state index contributed by atoms with van der Waals surface area (Å²) in [6.07, 6.45) is 1.02. The summed E-state index contributed by atoms with van der Waals surface area (Å²) in [7, 11) is 0. The first kappa shape index (κ1) is 41.5. The molecule has 20 nitrogen and oxygen atoms in total. The SMILES string of the molecule is CCn1nc(C)cc1C(=O)Nc1nc2cc(C(N)=O)cc(OCCCN3CCOCC3)c2n1CCCNC(=O)COc1cccc2c1C(=O)N(C1CCC(=O)NC1=O)C2=O. The van der Waals surface area contributed by atoms with E-state index in [1.807, 2.05) is 6.92 Å². The Morgan fingerprint density at radius 2 is 1.80 bits per heavy atom. The molecule has 7 amide bonds. The Morgan fingerprint density at radius 1 is 1.00 bits per heavy atom. The van der Waals surface area contributed by atoms with Gasteiger partial charge in [0.25, 0.3) is 23.6 Å². The summed E-state index contributed by atoms with van der Waals surface area (Å²) >= 11 is 0. The molecule has 0 saturated carbocycles. The molecule has 1 atom stereocenters. The lowest BCUT2D eigenvalue weighted by Gasteiger charge is -2.27. The van der Waals surface area contributed by atoms with Crippen molar-refractivity contribution < 1.29 is 47.8 Å². The zero-order valence-electron chi connectivity index (χ0n) is 33.3. The molecular weight excluding hydrogens is 780 g/mol. The lowest BCUT2D eigenvalue weighted by atomic mass is 10.0. The maximum atomic E-state index is 13.6. The zero-order valence-corrected chi connectivity index (χ0v) is 33.3. The Bertz CT molecular complexity index is 2370. The number of nitrogens with one attached hydrogen (secondary N) is 3. The molecule has 0 radical (unpaired) electrons. The molecule has 3 aliphatic rings. The fourth-order valence-corrected chi connectivity index (χ4v) is 7.49. The molecule has 316 valence electrons.